The number of nitrogens with one attached hydrogen (secondary N) is 1. The maximum absolute atomic E-state index is 12.5. The van der Waals surface area contributed by atoms with Gasteiger partial charge in [0.25, 0.3) is 0 Å². The Bertz CT molecular complexity index is 708. The molecule has 0 unspecified atom stereocenters. The maximum atomic E-state index is 12.5. The minimum Gasteiger partial charge on any atom is -0.356 e. The first-order valence-corrected chi connectivity index (χ1v) is 8.73. The molecule has 2 aliphatic rings. The van der Waals surface area contributed by atoms with Gasteiger partial charge in [-0.05, 0) is 32.6 Å². The molecule has 0 spiro atoms. The summed E-state index contributed by atoms with van der Waals surface area (Å²) in [7, 11) is 0. The molecule has 0 saturated carbocycles. The van der Waals surface area contributed by atoms with Gasteiger partial charge in [0.15, 0.2) is 5.76 Å². The van der Waals surface area contributed by atoms with Crippen LogP contribution in [0.25, 0.3) is 11.3 Å². The summed E-state index contributed by atoms with van der Waals surface area (Å²) >= 11 is 0. The second-order valence-corrected chi connectivity index (χ2v) is 6.77. The summed E-state index contributed by atoms with van der Waals surface area (Å²) in [5.41, 5.74) is 2.95. The Morgan fingerprint density at radius 1 is 1.21 bits per heavy atom. The van der Waals surface area contributed by atoms with E-state index in [0.29, 0.717) is 5.92 Å². The molecule has 7 nitrogen and oxygen atoms in total. The highest BCUT2D eigenvalue weighted by Crippen LogP contribution is 2.34. The number of aryl methyl sites for hydroxylation is 1. The molecule has 4 heterocycles. The fraction of sp³-hybridized carbons (Fsp3) is 0.588. The summed E-state index contributed by atoms with van der Waals surface area (Å²) in [5.74, 6) is 1.13. The Balaban J connectivity index is 1.43. The summed E-state index contributed by atoms with van der Waals surface area (Å²) in [5, 5.41) is 11.3. The lowest BCUT2D eigenvalue weighted by Gasteiger charge is -2.34. The lowest BCUT2D eigenvalue weighted by Crippen LogP contribution is -2.45. The lowest BCUT2D eigenvalue weighted by atomic mass is 9.91. The number of carbonyl (C=O) groups is 1. The molecule has 7 heteroatoms. The number of amides is 2. The van der Waals surface area contributed by atoms with E-state index in [2.05, 4.69) is 15.4 Å². The van der Waals surface area contributed by atoms with E-state index in [4.69, 9.17) is 4.52 Å². The van der Waals surface area contributed by atoms with Crippen molar-refractivity contribution in [3.63, 3.8) is 0 Å². The van der Waals surface area contributed by atoms with Crippen LogP contribution in [-0.4, -0.2) is 57.4 Å². The van der Waals surface area contributed by atoms with E-state index in [9.17, 15) is 4.79 Å². The molecule has 4 rings (SSSR count). The third kappa shape index (κ3) is 2.79. The summed E-state index contributed by atoms with van der Waals surface area (Å²) < 4.78 is 5.39. The minimum atomic E-state index is 0.210. The smallest absolute Gasteiger partial charge is 0.319 e. The Morgan fingerprint density at radius 3 is 2.58 bits per heavy atom. The standard InChI is InChI=1S/C17H23N5O2/c1-12-10-15(24-20-12)14-11-18-19-16(14)13-4-8-22(9-5-13)17(23)21-6-2-3-7-21/h10-11,13H,2-9H2,1H3,(H,18,19). The number of nitrogens with zero attached hydrogens (tertiary/aromatic N) is 4. The number of carbonyl (C=O) groups excluding carboxylic acids is 1. The largest absolute Gasteiger partial charge is 0.356 e. The first-order chi connectivity index (χ1) is 11.7. The van der Waals surface area contributed by atoms with E-state index >= 15 is 0 Å². The van der Waals surface area contributed by atoms with Crippen molar-refractivity contribution in [2.75, 3.05) is 26.2 Å². The molecule has 0 aromatic carbocycles. The molecule has 2 aromatic heterocycles. The van der Waals surface area contributed by atoms with E-state index in [0.717, 1.165) is 74.6 Å². The van der Waals surface area contributed by atoms with Crippen LogP contribution >= 0.6 is 0 Å². The number of aromatic nitrogens is 3. The molecule has 128 valence electrons. The molecule has 2 saturated heterocycles. The van der Waals surface area contributed by atoms with E-state index < -0.39 is 0 Å². The molecule has 0 radical (unpaired) electrons. The van der Waals surface area contributed by atoms with Crippen molar-refractivity contribution < 1.29 is 9.32 Å². The Hall–Kier alpha value is -2.31. The van der Waals surface area contributed by atoms with Gasteiger partial charge in [-0.1, -0.05) is 5.16 Å². The summed E-state index contributed by atoms with van der Waals surface area (Å²) in [4.78, 5) is 16.5. The van der Waals surface area contributed by atoms with Crippen LogP contribution < -0.4 is 0 Å². The zero-order valence-corrected chi connectivity index (χ0v) is 14.0. The van der Waals surface area contributed by atoms with Gasteiger partial charge in [-0.25, -0.2) is 4.79 Å². The highest BCUT2D eigenvalue weighted by atomic mass is 16.5. The molecule has 0 bridgehead atoms. The predicted molar refractivity (Wildman–Crippen MR) is 88.6 cm³/mol. The van der Waals surface area contributed by atoms with E-state index in [-0.39, 0.29) is 6.03 Å². The number of urea groups is 1. The highest BCUT2D eigenvalue weighted by Gasteiger charge is 2.30. The Morgan fingerprint density at radius 2 is 1.92 bits per heavy atom. The van der Waals surface area contributed by atoms with Crippen molar-refractivity contribution >= 4 is 6.03 Å². The summed E-state index contributed by atoms with van der Waals surface area (Å²) in [6.45, 7) is 5.33. The molecular weight excluding hydrogens is 306 g/mol. The van der Waals surface area contributed by atoms with Crippen LogP contribution in [0.15, 0.2) is 16.8 Å². The molecule has 0 aliphatic carbocycles. The Labute approximate surface area is 141 Å². The average Bonchev–Trinajstić information content (AvgIpc) is 3.35. The topological polar surface area (TPSA) is 78.3 Å². The normalized spacial score (nSPS) is 19.2. The van der Waals surface area contributed by atoms with Gasteiger partial charge in [0.1, 0.15) is 0 Å². The van der Waals surface area contributed by atoms with Gasteiger partial charge in [0.05, 0.1) is 17.5 Å². The van der Waals surface area contributed by atoms with Gasteiger partial charge >= 0.3 is 6.03 Å². The fourth-order valence-corrected chi connectivity index (χ4v) is 3.76. The zero-order chi connectivity index (χ0) is 16.5. The van der Waals surface area contributed by atoms with Gasteiger partial charge < -0.3 is 14.3 Å². The molecule has 1 N–H and O–H groups in total. The number of rotatable bonds is 2. The van der Waals surface area contributed by atoms with Crippen LogP contribution in [0.3, 0.4) is 0 Å². The molecule has 2 aromatic rings. The van der Waals surface area contributed by atoms with E-state index in [1.54, 1.807) is 6.20 Å². The quantitative estimate of drug-likeness (QED) is 0.919. The fourth-order valence-electron chi connectivity index (χ4n) is 3.76. The molecule has 2 aliphatic heterocycles. The lowest BCUT2D eigenvalue weighted by molar-refractivity contribution is 0.148. The molecule has 24 heavy (non-hydrogen) atoms. The number of hydrogen-bond donors (Lipinski definition) is 1. The second-order valence-electron chi connectivity index (χ2n) is 6.77. The summed E-state index contributed by atoms with van der Waals surface area (Å²) in [6, 6.07) is 2.14. The SMILES string of the molecule is Cc1cc(-c2cn[nH]c2C2CCN(C(=O)N3CCCC3)CC2)on1. The molecule has 0 atom stereocenters. The Kier molecular flexibility index (Phi) is 4.00. The molecule has 2 amide bonds. The molecular formula is C17H23N5O2. The highest BCUT2D eigenvalue weighted by molar-refractivity contribution is 5.75. The molecule has 2 fully saturated rings. The van der Waals surface area contributed by atoms with Crippen molar-refractivity contribution in [2.45, 2.75) is 38.5 Å². The van der Waals surface area contributed by atoms with Crippen LogP contribution in [0.1, 0.15) is 43.0 Å². The number of aromatic amines is 1. The van der Waals surface area contributed by atoms with Crippen molar-refractivity contribution in [2.24, 2.45) is 0 Å². The monoisotopic (exact) mass is 329 g/mol. The second kappa shape index (κ2) is 6.30. The predicted octanol–water partition coefficient (Wildman–Crippen LogP) is 2.77. The number of likely N-dealkylation sites (tertiary alicyclic amines) is 2. The van der Waals surface area contributed by atoms with Gasteiger partial charge in [-0.15, -0.1) is 0 Å². The number of H-pyrrole nitrogens is 1. The van der Waals surface area contributed by atoms with E-state index in [1.165, 1.54) is 0 Å². The van der Waals surface area contributed by atoms with Gasteiger partial charge in [-0.3, -0.25) is 5.10 Å². The van der Waals surface area contributed by atoms with Crippen LogP contribution in [0.4, 0.5) is 4.79 Å². The van der Waals surface area contributed by atoms with Gasteiger partial charge in [-0.2, -0.15) is 5.10 Å². The van der Waals surface area contributed by atoms with Crippen molar-refractivity contribution in [1.29, 1.82) is 0 Å². The third-order valence-electron chi connectivity index (χ3n) is 5.11. The van der Waals surface area contributed by atoms with Crippen LogP contribution in [0.5, 0.6) is 0 Å². The van der Waals surface area contributed by atoms with Crippen molar-refractivity contribution in [1.82, 2.24) is 25.2 Å². The number of piperidine rings is 1. The van der Waals surface area contributed by atoms with Crippen LogP contribution in [0, 0.1) is 6.92 Å². The summed E-state index contributed by atoms with van der Waals surface area (Å²) in [6.07, 6.45) is 5.97. The van der Waals surface area contributed by atoms with Crippen molar-refractivity contribution in [3.05, 3.63) is 23.7 Å². The third-order valence-corrected chi connectivity index (χ3v) is 5.11. The van der Waals surface area contributed by atoms with Crippen LogP contribution in [0.2, 0.25) is 0 Å². The first-order valence-electron chi connectivity index (χ1n) is 8.73. The van der Waals surface area contributed by atoms with Crippen molar-refractivity contribution in [3.8, 4) is 11.3 Å². The van der Waals surface area contributed by atoms with E-state index in [1.807, 2.05) is 22.8 Å². The van der Waals surface area contributed by atoms with Gasteiger partial charge in [0, 0.05) is 43.9 Å². The number of hydrogen-bond acceptors (Lipinski definition) is 4. The first kappa shape index (κ1) is 15.2. The van der Waals surface area contributed by atoms with Gasteiger partial charge in [0.2, 0.25) is 0 Å². The van der Waals surface area contributed by atoms with Crippen LogP contribution in [-0.2, 0) is 0 Å². The zero-order valence-electron chi connectivity index (χ0n) is 14.0. The minimum absolute atomic E-state index is 0.210. The maximum Gasteiger partial charge on any atom is 0.319 e. The average molecular weight is 329 g/mol.